The number of ether oxygens (including phenoxy) is 1. The molecule has 1 saturated heterocycles. The predicted octanol–water partition coefficient (Wildman–Crippen LogP) is 6.70. The molecule has 0 bridgehead atoms. The molecule has 0 saturated carbocycles. The molecular weight excluding hydrogens is 600 g/mol. The van der Waals surface area contributed by atoms with Gasteiger partial charge in [0.2, 0.25) is 16.0 Å². The lowest BCUT2D eigenvalue weighted by Crippen LogP contribution is -2.51. The van der Waals surface area contributed by atoms with Crippen molar-refractivity contribution in [1.82, 2.24) is 14.9 Å². The van der Waals surface area contributed by atoms with E-state index in [0.717, 1.165) is 16.5 Å². The van der Waals surface area contributed by atoms with Gasteiger partial charge in [-0.05, 0) is 73.7 Å². The van der Waals surface area contributed by atoms with Crippen molar-refractivity contribution in [3.8, 4) is 11.1 Å². The highest BCUT2D eigenvalue weighted by Gasteiger charge is 2.33. The van der Waals surface area contributed by atoms with Crippen LogP contribution in [-0.4, -0.2) is 60.3 Å². The van der Waals surface area contributed by atoms with Crippen LogP contribution in [0.25, 0.3) is 22.0 Å². The smallest absolute Gasteiger partial charge is 0.410 e. The lowest BCUT2D eigenvalue weighted by atomic mass is 9.98. The van der Waals surface area contributed by atoms with Gasteiger partial charge in [-0.2, -0.15) is 0 Å². The van der Waals surface area contributed by atoms with Gasteiger partial charge in [0.15, 0.2) is 0 Å². The van der Waals surface area contributed by atoms with Gasteiger partial charge in [-0.1, -0.05) is 43.3 Å². The summed E-state index contributed by atoms with van der Waals surface area (Å²) >= 11 is 0. The number of piperidine rings is 1. The molecule has 1 amide bonds. The number of fused-ring (bicyclic) bond motifs is 1. The Bertz CT molecular complexity index is 1800. The number of aromatic nitrogens is 2. The SMILES string of the molecule is CCc1cc(-c2ccc(NS(=O)(=O)Cc3ccccc3)c(F)c2)cc2cnc(NC3CC(F)CN(C(=O)OC(C)(C)C)C3)nc12. The zero-order valence-electron chi connectivity index (χ0n) is 25.7. The van der Waals surface area contributed by atoms with E-state index in [2.05, 4.69) is 15.0 Å². The van der Waals surface area contributed by atoms with E-state index in [1.165, 1.54) is 17.0 Å². The molecule has 2 N–H and O–H groups in total. The number of aryl methyl sites for hydroxylation is 1. The Balaban J connectivity index is 1.33. The Hall–Kier alpha value is -4.32. The summed E-state index contributed by atoms with van der Waals surface area (Å²) in [7, 11) is -3.82. The number of carbonyl (C=O) groups is 1. The van der Waals surface area contributed by atoms with Gasteiger partial charge in [0.05, 0.1) is 23.5 Å². The van der Waals surface area contributed by atoms with Crippen molar-refractivity contribution in [2.45, 2.75) is 64.1 Å². The van der Waals surface area contributed by atoms with E-state index in [0.29, 0.717) is 29.0 Å². The second kappa shape index (κ2) is 13.0. The quantitative estimate of drug-likeness (QED) is 0.221. The minimum absolute atomic E-state index is 0.0322. The topological polar surface area (TPSA) is 114 Å². The number of likely N-dealkylation sites (tertiary alicyclic amines) is 1. The molecule has 2 unspecified atom stereocenters. The lowest BCUT2D eigenvalue weighted by molar-refractivity contribution is 0.0124. The number of alkyl halides is 1. The van der Waals surface area contributed by atoms with Crippen molar-refractivity contribution < 1.29 is 26.7 Å². The third kappa shape index (κ3) is 8.24. The Morgan fingerprint density at radius 3 is 2.51 bits per heavy atom. The van der Waals surface area contributed by atoms with Crippen LogP contribution in [0, 0.1) is 5.82 Å². The first kappa shape index (κ1) is 32.1. The summed E-state index contributed by atoms with van der Waals surface area (Å²) in [5.41, 5.74) is 2.66. The highest BCUT2D eigenvalue weighted by atomic mass is 32.2. The minimum atomic E-state index is -3.82. The van der Waals surface area contributed by atoms with Gasteiger partial charge < -0.3 is 15.0 Å². The molecule has 0 radical (unpaired) electrons. The van der Waals surface area contributed by atoms with Crippen molar-refractivity contribution >= 4 is 38.7 Å². The van der Waals surface area contributed by atoms with Crippen LogP contribution in [-0.2, 0) is 26.9 Å². The van der Waals surface area contributed by atoms with Crippen LogP contribution in [0.2, 0.25) is 0 Å². The van der Waals surface area contributed by atoms with Crippen LogP contribution in [0.4, 0.5) is 25.2 Å². The number of hydrogen-bond acceptors (Lipinski definition) is 7. The number of halogens is 2. The normalized spacial score (nSPS) is 17.2. The number of nitrogens with one attached hydrogen (secondary N) is 2. The largest absolute Gasteiger partial charge is 0.444 e. The average molecular weight is 638 g/mol. The first-order chi connectivity index (χ1) is 21.3. The molecule has 45 heavy (non-hydrogen) atoms. The van der Waals surface area contributed by atoms with E-state index >= 15 is 4.39 Å². The zero-order valence-corrected chi connectivity index (χ0v) is 26.5. The molecule has 3 aromatic carbocycles. The van der Waals surface area contributed by atoms with Crippen molar-refractivity contribution in [3.05, 3.63) is 83.8 Å². The first-order valence-electron chi connectivity index (χ1n) is 14.8. The summed E-state index contributed by atoms with van der Waals surface area (Å²) in [5.74, 6) is -0.656. The monoisotopic (exact) mass is 637 g/mol. The molecule has 238 valence electrons. The molecular formula is C33H37F2N5O4S. The van der Waals surface area contributed by atoms with E-state index in [-0.39, 0.29) is 31.0 Å². The number of rotatable bonds is 8. The third-order valence-corrected chi connectivity index (χ3v) is 8.54. The fourth-order valence-corrected chi connectivity index (χ4v) is 6.50. The molecule has 1 aromatic heterocycles. The maximum atomic E-state index is 15.1. The van der Waals surface area contributed by atoms with Gasteiger partial charge >= 0.3 is 6.09 Å². The molecule has 1 aliphatic heterocycles. The number of nitrogens with zero attached hydrogens (tertiary/aromatic N) is 3. The summed E-state index contributed by atoms with van der Waals surface area (Å²) in [6, 6.07) is 16.4. The maximum absolute atomic E-state index is 15.1. The van der Waals surface area contributed by atoms with Crippen LogP contribution in [0.5, 0.6) is 0 Å². The maximum Gasteiger partial charge on any atom is 0.410 e. The summed E-state index contributed by atoms with van der Waals surface area (Å²) in [4.78, 5) is 23.1. The van der Waals surface area contributed by atoms with Gasteiger partial charge in [0.25, 0.3) is 0 Å². The Morgan fingerprint density at radius 1 is 1.07 bits per heavy atom. The summed E-state index contributed by atoms with van der Waals surface area (Å²) in [6.45, 7) is 7.49. The van der Waals surface area contributed by atoms with Crippen LogP contribution in [0.3, 0.4) is 0 Å². The van der Waals surface area contributed by atoms with Crippen LogP contribution >= 0.6 is 0 Å². The standard InChI is InChI=1S/C33H37F2N5O4S/c1-5-22-13-24(23-11-12-29(28(35)15-23)39-45(42,43)20-21-9-7-6-8-10-21)14-25-17-36-31(38-30(22)25)37-27-16-26(34)18-40(19-27)32(41)44-33(2,3)4/h6-15,17,26-27,39H,5,16,18-20H2,1-4H3,(H,36,37,38). The van der Waals surface area contributed by atoms with Crippen molar-refractivity contribution in [3.63, 3.8) is 0 Å². The van der Waals surface area contributed by atoms with Crippen molar-refractivity contribution in [1.29, 1.82) is 0 Å². The molecule has 5 rings (SSSR count). The number of hydrogen-bond donors (Lipinski definition) is 2. The summed E-state index contributed by atoms with van der Waals surface area (Å²) < 4.78 is 62.8. The first-order valence-corrected chi connectivity index (χ1v) is 16.5. The van der Waals surface area contributed by atoms with Crippen LogP contribution < -0.4 is 10.0 Å². The van der Waals surface area contributed by atoms with Crippen LogP contribution in [0.1, 0.15) is 45.2 Å². The number of amides is 1. The number of sulfonamides is 1. The lowest BCUT2D eigenvalue weighted by Gasteiger charge is -2.36. The van der Waals surface area contributed by atoms with Gasteiger partial charge in [-0.3, -0.25) is 4.72 Å². The average Bonchev–Trinajstić information content (AvgIpc) is 2.96. The molecule has 0 spiro atoms. The van der Waals surface area contributed by atoms with Crippen LogP contribution in [0.15, 0.2) is 66.9 Å². The molecule has 0 aliphatic carbocycles. The van der Waals surface area contributed by atoms with E-state index < -0.39 is 39.7 Å². The predicted molar refractivity (Wildman–Crippen MR) is 172 cm³/mol. The Labute approximate surface area is 262 Å². The van der Waals surface area contributed by atoms with E-state index in [9.17, 15) is 17.6 Å². The molecule has 1 aliphatic rings. The van der Waals surface area contributed by atoms with Crippen molar-refractivity contribution in [2.75, 3.05) is 23.1 Å². The summed E-state index contributed by atoms with van der Waals surface area (Å²) in [6.07, 6.45) is 0.694. The molecule has 2 heterocycles. The van der Waals surface area contributed by atoms with Gasteiger partial charge in [0.1, 0.15) is 17.6 Å². The van der Waals surface area contributed by atoms with Crippen molar-refractivity contribution in [2.24, 2.45) is 0 Å². The van der Waals surface area contributed by atoms with Gasteiger partial charge in [0, 0.05) is 30.6 Å². The molecule has 2 atom stereocenters. The second-order valence-corrected chi connectivity index (χ2v) is 13.9. The Kier molecular flexibility index (Phi) is 9.24. The Morgan fingerprint density at radius 2 is 1.82 bits per heavy atom. The molecule has 4 aromatic rings. The molecule has 9 nitrogen and oxygen atoms in total. The molecule has 12 heteroatoms. The summed E-state index contributed by atoms with van der Waals surface area (Å²) in [5, 5.41) is 3.91. The minimum Gasteiger partial charge on any atom is -0.444 e. The highest BCUT2D eigenvalue weighted by Crippen LogP contribution is 2.31. The van der Waals surface area contributed by atoms with E-state index in [4.69, 9.17) is 9.72 Å². The number of benzene rings is 3. The number of anilines is 2. The second-order valence-electron chi connectivity index (χ2n) is 12.2. The number of carbonyl (C=O) groups excluding carboxylic acids is 1. The zero-order chi connectivity index (χ0) is 32.4. The highest BCUT2D eigenvalue weighted by molar-refractivity contribution is 7.91. The third-order valence-electron chi connectivity index (χ3n) is 7.29. The fourth-order valence-electron chi connectivity index (χ4n) is 5.30. The van der Waals surface area contributed by atoms with Gasteiger partial charge in [-0.15, -0.1) is 0 Å². The fraction of sp³-hybridized carbons (Fsp3) is 0.364. The molecule has 1 fully saturated rings. The van der Waals surface area contributed by atoms with Gasteiger partial charge in [-0.25, -0.2) is 32.0 Å². The van der Waals surface area contributed by atoms with E-state index in [1.54, 1.807) is 63.4 Å². The van der Waals surface area contributed by atoms with E-state index in [1.807, 2.05) is 19.1 Å².